The number of rotatable bonds is 3. The van der Waals surface area contributed by atoms with Crippen molar-refractivity contribution in [3.63, 3.8) is 0 Å². The smallest absolute Gasteiger partial charge is 0.332 e. The van der Waals surface area contributed by atoms with Crippen molar-refractivity contribution in [1.82, 2.24) is 9.13 Å². The minimum absolute atomic E-state index is 0.0233. The molecule has 1 aromatic heterocycles. The molecule has 3 rings (SSSR count). The number of nitrogens with zero attached hydrogens (tertiary/aromatic N) is 3. The Morgan fingerprint density at radius 3 is 2.31 bits per heavy atom. The van der Waals surface area contributed by atoms with Gasteiger partial charge in [-0.15, -0.1) is 0 Å². The highest BCUT2D eigenvalue weighted by Gasteiger charge is 2.26. The largest absolute Gasteiger partial charge is 0.358 e. The van der Waals surface area contributed by atoms with Gasteiger partial charge in [0, 0.05) is 49.9 Å². The fourth-order valence-electron chi connectivity index (χ4n) is 3.17. The van der Waals surface area contributed by atoms with Crippen molar-refractivity contribution in [3.8, 4) is 0 Å². The molecule has 0 spiro atoms. The van der Waals surface area contributed by atoms with Crippen LogP contribution in [0, 0.1) is 5.92 Å². The Morgan fingerprint density at radius 2 is 1.69 bits per heavy atom. The summed E-state index contributed by atoms with van der Waals surface area (Å²) in [6.07, 6.45) is 1.31. The second kappa shape index (κ2) is 7.37. The van der Waals surface area contributed by atoms with E-state index < -0.39 is 0 Å². The minimum Gasteiger partial charge on any atom is -0.358 e. The maximum absolute atomic E-state index is 12.4. The van der Waals surface area contributed by atoms with Crippen molar-refractivity contribution < 1.29 is 4.79 Å². The number of carbonyl (C=O) groups excluding carboxylic acids is 1. The molecular formula is C18H21ClN4O3. The van der Waals surface area contributed by atoms with Gasteiger partial charge in [-0.1, -0.05) is 11.6 Å². The quantitative estimate of drug-likeness (QED) is 0.882. The summed E-state index contributed by atoms with van der Waals surface area (Å²) in [6, 6.07) is 8.47. The van der Waals surface area contributed by atoms with E-state index in [1.165, 1.54) is 17.7 Å². The van der Waals surface area contributed by atoms with E-state index in [0.29, 0.717) is 36.8 Å². The summed E-state index contributed by atoms with van der Waals surface area (Å²) in [6.45, 7) is 1.22. The molecule has 1 N–H and O–H groups in total. The molecule has 7 nitrogen and oxygen atoms in total. The monoisotopic (exact) mass is 376 g/mol. The number of hydrogen-bond acceptors (Lipinski definition) is 4. The van der Waals surface area contributed by atoms with Gasteiger partial charge in [0.05, 0.1) is 0 Å². The van der Waals surface area contributed by atoms with Crippen LogP contribution in [0.3, 0.4) is 0 Å². The summed E-state index contributed by atoms with van der Waals surface area (Å²) >= 11 is 5.85. The summed E-state index contributed by atoms with van der Waals surface area (Å²) < 4.78 is 2.55. The maximum Gasteiger partial charge on any atom is 0.332 e. The third-order valence-electron chi connectivity index (χ3n) is 4.80. The molecule has 0 saturated carbocycles. The Bertz CT molecular complexity index is 925. The first kappa shape index (κ1) is 18.3. The van der Waals surface area contributed by atoms with Gasteiger partial charge in [0.25, 0.3) is 5.56 Å². The van der Waals surface area contributed by atoms with E-state index in [1.54, 1.807) is 31.3 Å². The number of benzene rings is 1. The molecule has 1 saturated heterocycles. The Morgan fingerprint density at radius 1 is 1.08 bits per heavy atom. The van der Waals surface area contributed by atoms with Crippen LogP contribution in [-0.4, -0.2) is 28.1 Å². The van der Waals surface area contributed by atoms with Crippen LogP contribution in [0.1, 0.15) is 12.8 Å². The molecule has 2 heterocycles. The van der Waals surface area contributed by atoms with Crippen LogP contribution in [0.15, 0.2) is 39.9 Å². The molecule has 26 heavy (non-hydrogen) atoms. The predicted octanol–water partition coefficient (Wildman–Crippen LogP) is 1.59. The van der Waals surface area contributed by atoms with E-state index in [2.05, 4.69) is 5.32 Å². The van der Waals surface area contributed by atoms with E-state index in [-0.39, 0.29) is 23.1 Å². The summed E-state index contributed by atoms with van der Waals surface area (Å²) in [4.78, 5) is 38.4. The molecule has 1 amide bonds. The van der Waals surface area contributed by atoms with Crippen LogP contribution in [0.4, 0.5) is 11.5 Å². The zero-order valence-electron chi connectivity index (χ0n) is 14.7. The lowest BCUT2D eigenvalue weighted by molar-refractivity contribution is -0.120. The van der Waals surface area contributed by atoms with Gasteiger partial charge in [0.2, 0.25) is 5.91 Å². The van der Waals surface area contributed by atoms with Crippen LogP contribution in [0.2, 0.25) is 5.02 Å². The number of nitrogens with one attached hydrogen (secondary N) is 1. The zero-order valence-corrected chi connectivity index (χ0v) is 15.5. The molecule has 1 aliphatic rings. The Balaban J connectivity index is 1.66. The van der Waals surface area contributed by atoms with E-state index in [9.17, 15) is 14.4 Å². The molecular weight excluding hydrogens is 356 g/mol. The van der Waals surface area contributed by atoms with Gasteiger partial charge in [0.1, 0.15) is 5.82 Å². The molecule has 0 atom stereocenters. The lowest BCUT2D eigenvalue weighted by Gasteiger charge is -2.33. The molecule has 0 bridgehead atoms. The number of anilines is 2. The molecule has 0 aliphatic carbocycles. The zero-order chi connectivity index (χ0) is 18.8. The van der Waals surface area contributed by atoms with E-state index >= 15 is 0 Å². The molecule has 138 valence electrons. The molecule has 2 aromatic rings. The van der Waals surface area contributed by atoms with Crippen LogP contribution < -0.4 is 21.5 Å². The van der Waals surface area contributed by atoms with Crippen molar-refractivity contribution in [2.75, 3.05) is 23.3 Å². The predicted molar refractivity (Wildman–Crippen MR) is 102 cm³/mol. The van der Waals surface area contributed by atoms with Gasteiger partial charge in [-0.3, -0.25) is 18.7 Å². The van der Waals surface area contributed by atoms with Gasteiger partial charge in [-0.25, -0.2) is 4.79 Å². The Labute approximate surface area is 155 Å². The molecule has 0 radical (unpaired) electrons. The average Bonchev–Trinajstić information content (AvgIpc) is 2.65. The molecule has 1 fully saturated rings. The van der Waals surface area contributed by atoms with Crippen LogP contribution >= 0.6 is 11.6 Å². The van der Waals surface area contributed by atoms with Gasteiger partial charge in [-0.2, -0.15) is 0 Å². The van der Waals surface area contributed by atoms with Gasteiger partial charge in [0.15, 0.2) is 0 Å². The second-order valence-electron chi connectivity index (χ2n) is 6.50. The van der Waals surface area contributed by atoms with Gasteiger partial charge >= 0.3 is 5.69 Å². The number of hydrogen-bond donors (Lipinski definition) is 1. The van der Waals surface area contributed by atoms with Crippen molar-refractivity contribution in [1.29, 1.82) is 0 Å². The topological polar surface area (TPSA) is 76.3 Å². The summed E-state index contributed by atoms with van der Waals surface area (Å²) in [5.74, 6) is 0.463. The summed E-state index contributed by atoms with van der Waals surface area (Å²) in [5.41, 5.74) is 0.0385. The molecule has 8 heteroatoms. The standard InChI is InChI=1S/C18H21ClN4O3/c1-21-15(11-16(24)22(2)18(21)26)23-9-7-12(8-10-23)17(25)20-14-5-3-13(19)4-6-14/h3-6,11-12H,7-10H2,1-2H3,(H,20,25). The van der Waals surface area contributed by atoms with Crippen LogP contribution in [-0.2, 0) is 18.9 Å². The summed E-state index contributed by atoms with van der Waals surface area (Å²) in [5, 5.41) is 3.53. The Hall–Kier alpha value is -2.54. The number of carbonyl (C=O) groups is 1. The first-order valence-corrected chi connectivity index (χ1v) is 8.83. The van der Waals surface area contributed by atoms with Gasteiger partial charge < -0.3 is 10.2 Å². The minimum atomic E-state index is -0.352. The fourth-order valence-corrected chi connectivity index (χ4v) is 3.30. The number of piperidine rings is 1. The molecule has 1 aliphatic heterocycles. The lowest BCUT2D eigenvalue weighted by Crippen LogP contribution is -2.44. The maximum atomic E-state index is 12.4. The van der Waals surface area contributed by atoms with Gasteiger partial charge in [-0.05, 0) is 37.1 Å². The van der Waals surface area contributed by atoms with E-state index in [4.69, 9.17) is 11.6 Å². The van der Waals surface area contributed by atoms with Crippen molar-refractivity contribution >= 4 is 29.0 Å². The first-order valence-electron chi connectivity index (χ1n) is 8.45. The average molecular weight is 377 g/mol. The highest BCUT2D eigenvalue weighted by atomic mass is 35.5. The van der Waals surface area contributed by atoms with E-state index in [1.807, 2.05) is 4.90 Å². The van der Waals surface area contributed by atoms with Crippen molar-refractivity contribution in [2.24, 2.45) is 20.0 Å². The first-order chi connectivity index (χ1) is 12.4. The van der Waals surface area contributed by atoms with Crippen LogP contribution in [0.25, 0.3) is 0 Å². The second-order valence-corrected chi connectivity index (χ2v) is 6.94. The highest BCUT2D eigenvalue weighted by molar-refractivity contribution is 6.30. The number of amides is 1. The third-order valence-corrected chi connectivity index (χ3v) is 5.05. The molecule has 0 unspecified atom stereocenters. The third kappa shape index (κ3) is 3.67. The lowest BCUT2D eigenvalue weighted by atomic mass is 9.95. The van der Waals surface area contributed by atoms with Crippen LogP contribution in [0.5, 0.6) is 0 Å². The normalized spacial score (nSPS) is 15.1. The SMILES string of the molecule is Cn1c(N2CCC(C(=O)Nc3ccc(Cl)cc3)CC2)cc(=O)n(C)c1=O. The number of halogens is 1. The fraction of sp³-hybridized carbons (Fsp3) is 0.389. The van der Waals surface area contributed by atoms with Crippen molar-refractivity contribution in [3.05, 3.63) is 56.2 Å². The Kier molecular flexibility index (Phi) is 5.18. The highest BCUT2D eigenvalue weighted by Crippen LogP contribution is 2.23. The van der Waals surface area contributed by atoms with Crippen molar-refractivity contribution in [2.45, 2.75) is 12.8 Å². The number of aromatic nitrogens is 2. The molecule has 1 aromatic carbocycles. The van der Waals surface area contributed by atoms with E-state index in [0.717, 1.165) is 10.3 Å². The summed E-state index contributed by atoms with van der Waals surface area (Å²) in [7, 11) is 3.11.